The summed E-state index contributed by atoms with van der Waals surface area (Å²) < 4.78 is 0. The highest BCUT2D eigenvalue weighted by Crippen LogP contribution is 2.14. The van der Waals surface area contributed by atoms with E-state index in [1.807, 2.05) is 6.08 Å². The molecule has 0 aliphatic heterocycles. The van der Waals surface area contributed by atoms with E-state index in [2.05, 4.69) is 69.3 Å². The maximum atomic E-state index is 4.09. The van der Waals surface area contributed by atoms with Gasteiger partial charge in [0.15, 0.2) is 0 Å². The van der Waals surface area contributed by atoms with Gasteiger partial charge in [-0.2, -0.15) is 0 Å². The monoisotopic (exact) mass is 283 g/mol. The van der Waals surface area contributed by atoms with E-state index in [4.69, 9.17) is 0 Å². The normalized spacial score (nSPS) is 11.2. The standard InChI is InChI=1S/C20H29N/c1-6-8-10-17(3)11-9-14-21(5)16-20-13-12-19(7-2)15-18(20)4/h7-8,10,12-13,15H,2-3,6,9,11,14,16H2,1,4-5H3/b10-8-. The van der Waals surface area contributed by atoms with Crippen LogP contribution in [0.3, 0.4) is 0 Å². The fraction of sp³-hybridized carbons (Fsp3) is 0.400. The van der Waals surface area contributed by atoms with Crippen molar-refractivity contribution in [3.8, 4) is 0 Å². The molecule has 0 atom stereocenters. The molecule has 0 radical (unpaired) electrons. The molecule has 0 aromatic heterocycles. The van der Waals surface area contributed by atoms with Crippen LogP contribution in [-0.4, -0.2) is 18.5 Å². The van der Waals surface area contributed by atoms with Crippen molar-refractivity contribution < 1.29 is 0 Å². The second-order valence-electron chi connectivity index (χ2n) is 5.70. The van der Waals surface area contributed by atoms with E-state index < -0.39 is 0 Å². The Hall–Kier alpha value is -1.60. The van der Waals surface area contributed by atoms with Gasteiger partial charge in [-0.15, -0.1) is 0 Å². The van der Waals surface area contributed by atoms with Crippen molar-refractivity contribution in [2.75, 3.05) is 13.6 Å². The van der Waals surface area contributed by atoms with Gasteiger partial charge in [-0.25, -0.2) is 0 Å². The minimum absolute atomic E-state index is 1.00. The highest BCUT2D eigenvalue weighted by Gasteiger charge is 2.04. The molecule has 0 spiro atoms. The third-order valence-corrected chi connectivity index (χ3v) is 3.67. The van der Waals surface area contributed by atoms with Crippen LogP contribution in [0.25, 0.3) is 6.08 Å². The molecule has 0 unspecified atom stereocenters. The average molecular weight is 283 g/mol. The van der Waals surface area contributed by atoms with Crippen molar-refractivity contribution in [2.45, 2.75) is 39.7 Å². The summed E-state index contributed by atoms with van der Waals surface area (Å²) in [6, 6.07) is 6.56. The summed E-state index contributed by atoms with van der Waals surface area (Å²) in [5.41, 5.74) is 5.16. The molecule has 1 heteroatoms. The molecule has 0 amide bonds. The summed E-state index contributed by atoms with van der Waals surface area (Å²) in [5.74, 6) is 0. The van der Waals surface area contributed by atoms with Crippen LogP contribution in [-0.2, 0) is 6.54 Å². The molecule has 0 aliphatic rings. The molecular weight excluding hydrogens is 254 g/mol. The number of benzene rings is 1. The van der Waals surface area contributed by atoms with Gasteiger partial charge in [0.2, 0.25) is 0 Å². The summed E-state index contributed by atoms with van der Waals surface area (Å²) in [4.78, 5) is 2.38. The molecule has 1 aromatic carbocycles. The van der Waals surface area contributed by atoms with Crippen LogP contribution >= 0.6 is 0 Å². The van der Waals surface area contributed by atoms with Gasteiger partial charge in [-0.05, 0) is 56.5 Å². The Balaban J connectivity index is 2.40. The lowest BCUT2D eigenvalue weighted by Crippen LogP contribution is -2.19. The van der Waals surface area contributed by atoms with Gasteiger partial charge in [0.1, 0.15) is 0 Å². The zero-order valence-electron chi connectivity index (χ0n) is 13.9. The van der Waals surface area contributed by atoms with Crippen molar-refractivity contribution >= 4 is 6.08 Å². The molecule has 1 nitrogen and oxygen atoms in total. The number of allylic oxidation sites excluding steroid dienone is 3. The quantitative estimate of drug-likeness (QED) is 0.550. The van der Waals surface area contributed by atoms with E-state index in [1.54, 1.807) is 0 Å². The van der Waals surface area contributed by atoms with E-state index in [-0.39, 0.29) is 0 Å². The van der Waals surface area contributed by atoms with Crippen LogP contribution in [0.4, 0.5) is 0 Å². The van der Waals surface area contributed by atoms with Crippen molar-refractivity contribution in [1.29, 1.82) is 0 Å². The van der Waals surface area contributed by atoms with Gasteiger partial charge in [0.25, 0.3) is 0 Å². The topological polar surface area (TPSA) is 3.24 Å². The third kappa shape index (κ3) is 6.59. The van der Waals surface area contributed by atoms with Crippen LogP contribution < -0.4 is 0 Å². The fourth-order valence-electron chi connectivity index (χ4n) is 2.34. The molecule has 0 fully saturated rings. The summed E-state index contributed by atoms with van der Waals surface area (Å²) >= 11 is 0. The van der Waals surface area contributed by atoms with Crippen LogP contribution in [0.5, 0.6) is 0 Å². The van der Waals surface area contributed by atoms with Crippen molar-refractivity contribution in [3.63, 3.8) is 0 Å². The lowest BCUT2D eigenvalue weighted by atomic mass is 10.0. The molecule has 0 heterocycles. The van der Waals surface area contributed by atoms with Crippen LogP contribution in [0.15, 0.2) is 49.1 Å². The van der Waals surface area contributed by atoms with Crippen molar-refractivity contribution in [3.05, 3.63) is 65.8 Å². The molecule has 0 bridgehead atoms. The number of rotatable bonds is 9. The van der Waals surface area contributed by atoms with E-state index in [9.17, 15) is 0 Å². The van der Waals surface area contributed by atoms with Crippen LogP contribution in [0.2, 0.25) is 0 Å². The van der Waals surface area contributed by atoms with Crippen LogP contribution in [0.1, 0.15) is 42.9 Å². The second-order valence-corrected chi connectivity index (χ2v) is 5.70. The smallest absolute Gasteiger partial charge is 0.0233 e. The number of nitrogens with zero attached hydrogens (tertiary/aromatic N) is 1. The first-order valence-electron chi connectivity index (χ1n) is 7.81. The van der Waals surface area contributed by atoms with E-state index in [1.165, 1.54) is 22.3 Å². The molecule has 0 saturated carbocycles. The first kappa shape index (κ1) is 17.5. The third-order valence-electron chi connectivity index (χ3n) is 3.67. The maximum absolute atomic E-state index is 4.09. The Kier molecular flexibility index (Phi) is 7.78. The minimum Gasteiger partial charge on any atom is -0.302 e. The van der Waals surface area contributed by atoms with E-state index >= 15 is 0 Å². The van der Waals surface area contributed by atoms with Crippen molar-refractivity contribution in [2.24, 2.45) is 0 Å². The molecule has 0 N–H and O–H groups in total. The first-order chi connectivity index (χ1) is 10.1. The number of hydrogen-bond donors (Lipinski definition) is 0. The Morgan fingerprint density at radius 1 is 1.33 bits per heavy atom. The van der Waals surface area contributed by atoms with Gasteiger partial charge >= 0.3 is 0 Å². The van der Waals surface area contributed by atoms with Gasteiger partial charge in [0.05, 0.1) is 0 Å². The number of aryl methyl sites for hydroxylation is 1. The van der Waals surface area contributed by atoms with E-state index in [0.717, 1.165) is 32.4 Å². The fourth-order valence-corrected chi connectivity index (χ4v) is 2.34. The average Bonchev–Trinajstić information content (AvgIpc) is 2.47. The molecule has 0 saturated heterocycles. The van der Waals surface area contributed by atoms with Gasteiger partial charge < -0.3 is 4.90 Å². The molecule has 0 aliphatic carbocycles. The molecule has 1 aromatic rings. The zero-order chi connectivity index (χ0) is 15.7. The summed E-state index contributed by atoms with van der Waals surface area (Å²) in [5, 5.41) is 0. The zero-order valence-corrected chi connectivity index (χ0v) is 13.9. The predicted molar refractivity (Wildman–Crippen MR) is 95.4 cm³/mol. The molecular formula is C20H29N. The second kappa shape index (κ2) is 9.36. The molecule has 1 rings (SSSR count). The molecule has 114 valence electrons. The van der Waals surface area contributed by atoms with Crippen LogP contribution in [0, 0.1) is 6.92 Å². The summed E-state index contributed by atoms with van der Waals surface area (Å²) in [7, 11) is 2.19. The first-order valence-corrected chi connectivity index (χ1v) is 7.81. The largest absolute Gasteiger partial charge is 0.302 e. The lowest BCUT2D eigenvalue weighted by Gasteiger charge is -2.18. The Morgan fingerprint density at radius 3 is 2.71 bits per heavy atom. The van der Waals surface area contributed by atoms with Gasteiger partial charge in [0, 0.05) is 6.54 Å². The van der Waals surface area contributed by atoms with Gasteiger partial charge in [-0.1, -0.05) is 62.1 Å². The van der Waals surface area contributed by atoms with Crippen molar-refractivity contribution in [1.82, 2.24) is 4.90 Å². The summed E-state index contributed by atoms with van der Waals surface area (Å²) in [6.45, 7) is 14.3. The molecule has 21 heavy (non-hydrogen) atoms. The Labute approximate surface area is 130 Å². The Morgan fingerprint density at radius 2 is 2.10 bits per heavy atom. The maximum Gasteiger partial charge on any atom is 0.0233 e. The SMILES string of the molecule is C=Cc1ccc(CN(C)CCCC(=C)/C=C\CC)c(C)c1. The highest BCUT2D eigenvalue weighted by molar-refractivity contribution is 5.49. The predicted octanol–water partition coefficient (Wildman–Crippen LogP) is 5.37. The van der Waals surface area contributed by atoms with Gasteiger partial charge in [-0.3, -0.25) is 0 Å². The van der Waals surface area contributed by atoms with E-state index in [0.29, 0.717) is 0 Å². The Bertz CT molecular complexity index is 497. The minimum atomic E-state index is 1.00. The number of hydrogen-bond acceptors (Lipinski definition) is 1. The lowest BCUT2D eigenvalue weighted by molar-refractivity contribution is 0.322. The highest BCUT2D eigenvalue weighted by atomic mass is 15.1. The summed E-state index contributed by atoms with van der Waals surface area (Å²) in [6.07, 6.45) is 9.55.